The Morgan fingerprint density at radius 2 is 1.50 bits per heavy atom. The highest BCUT2D eigenvalue weighted by atomic mass is 19.4. The highest BCUT2D eigenvalue weighted by Crippen LogP contribution is 2.36. The van der Waals surface area contributed by atoms with Gasteiger partial charge in [0.25, 0.3) is 5.91 Å². The summed E-state index contributed by atoms with van der Waals surface area (Å²) in [5, 5.41) is 0. The molecule has 2 heterocycles. The average molecular weight is 507 g/mol. The van der Waals surface area contributed by atoms with E-state index in [9.17, 15) is 27.2 Å². The molecule has 5 nitrogen and oxygen atoms in total. The number of carbonyl (C=O) groups is 2. The van der Waals surface area contributed by atoms with E-state index in [0.29, 0.717) is 38.2 Å². The van der Waals surface area contributed by atoms with Gasteiger partial charge < -0.3 is 14.5 Å². The lowest BCUT2D eigenvalue weighted by Crippen LogP contribution is -2.51. The first-order valence-electron chi connectivity index (χ1n) is 12.3. The predicted octanol–water partition coefficient (Wildman–Crippen LogP) is 5.55. The lowest BCUT2D eigenvalue weighted by Gasteiger charge is -2.43. The molecule has 194 valence electrons. The Morgan fingerprint density at radius 3 is 2.14 bits per heavy atom. The summed E-state index contributed by atoms with van der Waals surface area (Å²) < 4.78 is 58.1. The summed E-state index contributed by atoms with van der Waals surface area (Å²) in [6.07, 6.45) is 0.0288. The van der Waals surface area contributed by atoms with Gasteiger partial charge in [-0.2, -0.15) is 13.2 Å². The van der Waals surface area contributed by atoms with E-state index >= 15 is 0 Å². The van der Waals surface area contributed by atoms with Gasteiger partial charge in [0.1, 0.15) is 11.6 Å². The zero-order valence-electron chi connectivity index (χ0n) is 20.0. The molecule has 2 saturated heterocycles. The topological polar surface area (TPSA) is 49.9 Å². The summed E-state index contributed by atoms with van der Waals surface area (Å²) in [6, 6.07) is 9.81. The minimum absolute atomic E-state index is 0.0150. The van der Waals surface area contributed by atoms with E-state index in [1.54, 1.807) is 4.90 Å². The van der Waals surface area contributed by atoms with Crippen molar-refractivity contribution < 1.29 is 31.9 Å². The first kappa shape index (κ1) is 26.0. The van der Waals surface area contributed by atoms with E-state index in [1.165, 1.54) is 36.4 Å². The molecule has 1 unspecified atom stereocenters. The number of rotatable bonds is 6. The van der Waals surface area contributed by atoms with Crippen LogP contribution in [0.25, 0.3) is 0 Å². The number of amides is 2. The number of alkyl halides is 3. The molecule has 9 heteroatoms. The van der Waals surface area contributed by atoms with Gasteiger partial charge in [0, 0.05) is 43.6 Å². The number of likely N-dealkylation sites (tertiary alicyclic amines) is 2. The number of carbonyl (C=O) groups excluding carboxylic acids is 2. The number of hydrogen-bond donors (Lipinski definition) is 0. The SMILES string of the molecule is O=C(CC1(COc2ccc(F)cc2)CCCN(C(=O)c2ccc(C(F)(F)F)cc2)C1)N1CCCCC1. The Balaban J connectivity index is 1.52. The molecule has 0 aliphatic carbocycles. The fraction of sp³-hybridized carbons (Fsp3) is 0.481. The van der Waals surface area contributed by atoms with Gasteiger partial charge in [0.05, 0.1) is 12.2 Å². The van der Waals surface area contributed by atoms with Crippen LogP contribution in [0.15, 0.2) is 48.5 Å². The van der Waals surface area contributed by atoms with Crippen molar-refractivity contribution in [3.8, 4) is 5.75 Å². The average Bonchev–Trinajstić information content (AvgIpc) is 2.88. The van der Waals surface area contributed by atoms with E-state index in [1.807, 2.05) is 4.90 Å². The van der Waals surface area contributed by atoms with Crippen LogP contribution in [0.1, 0.15) is 54.4 Å². The first-order valence-corrected chi connectivity index (χ1v) is 12.3. The van der Waals surface area contributed by atoms with Crippen molar-refractivity contribution >= 4 is 11.8 Å². The summed E-state index contributed by atoms with van der Waals surface area (Å²) in [4.78, 5) is 29.9. The minimum Gasteiger partial charge on any atom is -0.493 e. The molecule has 2 fully saturated rings. The van der Waals surface area contributed by atoms with Gasteiger partial charge in [-0.25, -0.2) is 4.39 Å². The van der Waals surface area contributed by atoms with Crippen molar-refractivity contribution in [2.75, 3.05) is 32.8 Å². The van der Waals surface area contributed by atoms with Crippen LogP contribution in [-0.2, 0) is 11.0 Å². The molecule has 2 aromatic carbocycles. The number of piperidine rings is 2. The summed E-state index contributed by atoms with van der Waals surface area (Å²) in [6.45, 7) is 2.27. The van der Waals surface area contributed by atoms with E-state index in [4.69, 9.17) is 4.74 Å². The van der Waals surface area contributed by atoms with Crippen LogP contribution in [0.2, 0.25) is 0 Å². The molecular weight excluding hydrogens is 476 g/mol. The highest BCUT2D eigenvalue weighted by Gasteiger charge is 2.41. The van der Waals surface area contributed by atoms with Crippen molar-refractivity contribution in [3.05, 3.63) is 65.5 Å². The van der Waals surface area contributed by atoms with Gasteiger partial charge in [-0.05, 0) is 80.6 Å². The van der Waals surface area contributed by atoms with Gasteiger partial charge in [-0.3, -0.25) is 9.59 Å². The van der Waals surface area contributed by atoms with Gasteiger partial charge >= 0.3 is 6.18 Å². The van der Waals surface area contributed by atoms with Crippen molar-refractivity contribution in [3.63, 3.8) is 0 Å². The molecule has 0 aromatic heterocycles. The third-order valence-corrected chi connectivity index (χ3v) is 7.00. The molecule has 2 aliphatic heterocycles. The first-order chi connectivity index (χ1) is 17.2. The third-order valence-electron chi connectivity index (χ3n) is 7.00. The third kappa shape index (κ3) is 6.36. The zero-order valence-corrected chi connectivity index (χ0v) is 20.0. The molecule has 2 aromatic rings. The maximum atomic E-state index is 13.3. The van der Waals surface area contributed by atoms with E-state index in [0.717, 1.165) is 31.4 Å². The van der Waals surface area contributed by atoms with Crippen LogP contribution < -0.4 is 4.74 Å². The van der Waals surface area contributed by atoms with E-state index < -0.39 is 17.2 Å². The largest absolute Gasteiger partial charge is 0.493 e. The number of ether oxygens (including phenoxy) is 1. The predicted molar refractivity (Wildman–Crippen MR) is 126 cm³/mol. The standard InChI is InChI=1S/C27H30F4N2O3/c28-22-9-11-23(12-10-22)36-19-26(17-24(34)32-14-2-1-3-15-32)13-4-16-33(18-26)25(35)20-5-7-21(8-6-20)27(29,30)31/h5-12H,1-4,13-19H2. The second kappa shape index (κ2) is 10.9. The van der Waals surface area contributed by atoms with Crippen LogP contribution in [0.4, 0.5) is 17.6 Å². The Morgan fingerprint density at radius 1 is 0.861 bits per heavy atom. The number of hydrogen-bond acceptors (Lipinski definition) is 3. The van der Waals surface area contributed by atoms with Gasteiger partial charge in [-0.1, -0.05) is 0 Å². The fourth-order valence-electron chi connectivity index (χ4n) is 5.02. The number of benzene rings is 2. The maximum absolute atomic E-state index is 13.3. The molecule has 4 rings (SSSR count). The van der Waals surface area contributed by atoms with Gasteiger partial charge in [0.2, 0.25) is 5.91 Å². The number of nitrogens with zero attached hydrogens (tertiary/aromatic N) is 2. The normalized spacial score (nSPS) is 20.8. The van der Waals surface area contributed by atoms with Crippen LogP contribution in [0.3, 0.4) is 0 Å². The monoisotopic (exact) mass is 506 g/mol. The van der Waals surface area contributed by atoms with Crippen molar-refractivity contribution in [1.29, 1.82) is 0 Å². The summed E-state index contributed by atoms with van der Waals surface area (Å²) in [5.74, 6) is -0.281. The quantitative estimate of drug-likeness (QED) is 0.483. The Kier molecular flexibility index (Phi) is 7.85. The van der Waals surface area contributed by atoms with Crippen LogP contribution in [0.5, 0.6) is 5.75 Å². The van der Waals surface area contributed by atoms with Crippen LogP contribution in [0, 0.1) is 11.2 Å². The molecule has 0 N–H and O–H groups in total. The summed E-state index contributed by atoms with van der Waals surface area (Å²) in [7, 11) is 0. The van der Waals surface area contributed by atoms with Crippen molar-refractivity contribution in [1.82, 2.24) is 9.80 Å². The lowest BCUT2D eigenvalue weighted by atomic mass is 9.77. The second-order valence-electron chi connectivity index (χ2n) is 9.77. The Bertz CT molecular complexity index is 1050. The van der Waals surface area contributed by atoms with Gasteiger partial charge in [-0.15, -0.1) is 0 Å². The smallest absolute Gasteiger partial charge is 0.416 e. The minimum atomic E-state index is -4.48. The molecule has 0 radical (unpaired) electrons. The summed E-state index contributed by atoms with van der Waals surface area (Å²) >= 11 is 0. The fourth-order valence-corrected chi connectivity index (χ4v) is 5.02. The molecule has 1 atom stereocenters. The van der Waals surface area contributed by atoms with E-state index in [2.05, 4.69) is 0 Å². The van der Waals surface area contributed by atoms with Crippen molar-refractivity contribution in [2.24, 2.45) is 5.41 Å². The van der Waals surface area contributed by atoms with E-state index in [-0.39, 0.29) is 42.8 Å². The van der Waals surface area contributed by atoms with Gasteiger partial charge in [0.15, 0.2) is 0 Å². The second-order valence-corrected chi connectivity index (χ2v) is 9.77. The Labute approximate surface area is 208 Å². The lowest BCUT2D eigenvalue weighted by molar-refractivity contribution is -0.137. The zero-order chi connectivity index (χ0) is 25.8. The summed E-state index contributed by atoms with van der Waals surface area (Å²) in [5.41, 5.74) is -1.31. The maximum Gasteiger partial charge on any atom is 0.416 e. The molecular formula is C27H30F4N2O3. The highest BCUT2D eigenvalue weighted by molar-refractivity contribution is 5.94. The molecule has 0 spiro atoms. The molecule has 36 heavy (non-hydrogen) atoms. The molecule has 2 amide bonds. The molecule has 0 bridgehead atoms. The number of halogens is 4. The Hall–Kier alpha value is -3.10. The van der Waals surface area contributed by atoms with Crippen LogP contribution >= 0.6 is 0 Å². The van der Waals surface area contributed by atoms with Crippen LogP contribution in [-0.4, -0.2) is 54.4 Å². The molecule has 0 saturated carbocycles. The molecule has 2 aliphatic rings. The van der Waals surface area contributed by atoms with Crippen molar-refractivity contribution in [2.45, 2.75) is 44.7 Å².